The van der Waals surface area contributed by atoms with Crippen LogP contribution >= 0.6 is 0 Å². The summed E-state index contributed by atoms with van der Waals surface area (Å²) in [5.74, 6) is 0.497. The molecule has 1 aromatic rings. The molecule has 3 atom stereocenters. The van der Waals surface area contributed by atoms with Crippen molar-refractivity contribution in [2.45, 2.75) is 49.8 Å². The zero-order valence-electron chi connectivity index (χ0n) is 12.0. The van der Waals surface area contributed by atoms with Gasteiger partial charge >= 0.3 is 0 Å². The van der Waals surface area contributed by atoms with Gasteiger partial charge in [0, 0.05) is 18.0 Å². The summed E-state index contributed by atoms with van der Waals surface area (Å²) in [4.78, 5) is 0. The average molecular weight is 293 g/mol. The van der Waals surface area contributed by atoms with E-state index in [-0.39, 0.29) is 5.25 Å². The number of nitrogens with one attached hydrogen (secondary N) is 1. The fourth-order valence-corrected chi connectivity index (χ4v) is 4.94. The molecule has 0 aromatic heterocycles. The highest BCUT2D eigenvalue weighted by atomic mass is 32.2. The number of para-hydroxylation sites is 1. The number of rotatable bonds is 2. The molecule has 3 nitrogen and oxygen atoms in total. The Kier molecular flexibility index (Phi) is 3.76. The van der Waals surface area contributed by atoms with Gasteiger partial charge in [-0.25, -0.2) is 8.42 Å². The summed E-state index contributed by atoms with van der Waals surface area (Å²) in [7, 11) is -2.89. The maximum Gasteiger partial charge on any atom is 0.150 e. The van der Waals surface area contributed by atoms with Gasteiger partial charge in [0.2, 0.25) is 0 Å². The van der Waals surface area contributed by atoms with Crippen LogP contribution in [0.1, 0.15) is 37.7 Å². The predicted octanol–water partition coefficient (Wildman–Crippen LogP) is 3.02. The number of benzene rings is 1. The number of fused-ring (bicyclic) bond motifs is 1. The number of aryl methyl sites for hydroxylation is 1. The first-order valence-electron chi connectivity index (χ1n) is 7.57. The Hall–Kier alpha value is -1.03. The molecule has 0 amide bonds. The molecule has 20 heavy (non-hydrogen) atoms. The highest BCUT2D eigenvalue weighted by Crippen LogP contribution is 2.36. The molecular formula is C16H23NO2S. The van der Waals surface area contributed by atoms with Gasteiger partial charge in [-0.15, -0.1) is 0 Å². The monoisotopic (exact) mass is 293 g/mol. The molecule has 4 heteroatoms. The van der Waals surface area contributed by atoms with Gasteiger partial charge in [0.25, 0.3) is 0 Å². The molecule has 1 saturated carbocycles. The van der Waals surface area contributed by atoms with Crippen molar-refractivity contribution in [3.8, 4) is 0 Å². The van der Waals surface area contributed by atoms with Gasteiger partial charge in [-0.05, 0) is 49.7 Å². The fraction of sp³-hybridized carbons (Fsp3) is 0.625. The van der Waals surface area contributed by atoms with E-state index in [2.05, 4.69) is 29.6 Å². The topological polar surface area (TPSA) is 46.2 Å². The zero-order chi connectivity index (χ0) is 14.2. The van der Waals surface area contributed by atoms with Crippen molar-refractivity contribution in [3.05, 3.63) is 29.8 Å². The van der Waals surface area contributed by atoms with Crippen molar-refractivity contribution in [2.24, 2.45) is 5.92 Å². The highest BCUT2D eigenvalue weighted by molar-refractivity contribution is 7.91. The van der Waals surface area contributed by atoms with Crippen molar-refractivity contribution in [3.63, 3.8) is 0 Å². The minimum atomic E-state index is -2.89. The zero-order valence-corrected chi connectivity index (χ0v) is 12.8. The molecule has 3 unspecified atom stereocenters. The number of sulfone groups is 1. The van der Waals surface area contributed by atoms with Gasteiger partial charge in [-0.2, -0.15) is 0 Å². The molecule has 0 spiro atoms. The summed E-state index contributed by atoms with van der Waals surface area (Å²) in [5.41, 5.74) is 2.63. The van der Waals surface area contributed by atoms with Gasteiger partial charge in [-0.3, -0.25) is 0 Å². The standard InChI is InChI=1S/C16H23NO2S/c1-20(18,19)14-7-4-6-13(11-14)16-10-9-12-5-2-3-8-15(12)17-16/h2-3,5,8,13-14,16-17H,4,6-7,9-11H2,1H3. The third-order valence-corrected chi connectivity index (χ3v) is 6.56. The highest BCUT2D eigenvalue weighted by Gasteiger charge is 2.34. The van der Waals surface area contributed by atoms with Crippen molar-refractivity contribution in [2.75, 3.05) is 11.6 Å². The Morgan fingerprint density at radius 3 is 2.75 bits per heavy atom. The minimum absolute atomic E-state index is 0.125. The summed E-state index contributed by atoms with van der Waals surface area (Å²) < 4.78 is 23.6. The van der Waals surface area contributed by atoms with E-state index in [0.717, 1.165) is 38.5 Å². The third-order valence-electron chi connectivity index (χ3n) is 4.92. The van der Waals surface area contributed by atoms with E-state index in [1.54, 1.807) is 0 Å². The molecule has 1 aliphatic carbocycles. The van der Waals surface area contributed by atoms with Crippen LogP contribution in [0.5, 0.6) is 0 Å². The molecule has 1 aromatic carbocycles. The Balaban J connectivity index is 1.72. The van der Waals surface area contributed by atoms with Crippen LogP contribution in [0.25, 0.3) is 0 Å². The summed E-state index contributed by atoms with van der Waals surface area (Å²) >= 11 is 0. The van der Waals surface area contributed by atoms with Crippen LogP contribution in [0.15, 0.2) is 24.3 Å². The molecule has 3 rings (SSSR count). The van der Waals surface area contributed by atoms with Crippen LogP contribution in [0.3, 0.4) is 0 Å². The summed E-state index contributed by atoms with van der Waals surface area (Å²) in [6.45, 7) is 0. The largest absolute Gasteiger partial charge is 0.382 e. The van der Waals surface area contributed by atoms with Gasteiger partial charge in [-0.1, -0.05) is 24.6 Å². The predicted molar refractivity (Wildman–Crippen MR) is 82.8 cm³/mol. The third kappa shape index (κ3) is 2.85. The average Bonchev–Trinajstić information content (AvgIpc) is 2.46. The van der Waals surface area contributed by atoms with Gasteiger partial charge in [0.05, 0.1) is 5.25 Å². The lowest BCUT2D eigenvalue weighted by Gasteiger charge is -2.37. The Labute approximate surface area is 121 Å². The first kappa shape index (κ1) is 13.9. The van der Waals surface area contributed by atoms with E-state index in [4.69, 9.17) is 0 Å². The SMILES string of the molecule is CS(=O)(=O)C1CCCC(C2CCc3ccccc3N2)C1. The molecule has 2 aliphatic rings. The second-order valence-electron chi connectivity index (χ2n) is 6.32. The van der Waals surface area contributed by atoms with Crippen molar-refractivity contribution in [1.29, 1.82) is 0 Å². The van der Waals surface area contributed by atoms with E-state index >= 15 is 0 Å². The lowest BCUT2D eigenvalue weighted by molar-refractivity contribution is 0.306. The van der Waals surface area contributed by atoms with Crippen LogP contribution in [0, 0.1) is 5.92 Å². The molecule has 0 radical (unpaired) electrons. The normalized spacial score (nSPS) is 30.4. The lowest BCUT2D eigenvalue weighted by atomic mass is 9.80. The van der Waals surface area contributed by atoms with E-state index in [1.807, 2.05) is 0 Å². The Morgan fingerprint density at radius 1 is 1.15 bits per heavy atom. The van der Waals surface area contributed by atoms with Crippen LogP contribution in [0.4, 0.5) is 5.69 Å². The van der Waals surface area contributed by atoms with Crippen LogP contribution < -0.4 is 5.32 Å². The van der Waals surface area contributed by atoms with Gasteiger partial charge in [0.15, 0.2) is 0 Å². The van der Waals surface area contributed by atoms with E-state index in [1.165, 1.54) is 17.5 Å². The molecule has 110 valence electrons. The summed E-state index contributed by atoms with van der Waals surface area (Å²) in [5, 5.41) is 3.52. The van der Waals surface area contributed by atoms with Crippen LogP contribution in [-0.4, -0.2) is 26.0 Å². The molecule has 1 heterocycles. The van der Waals surface area contributed by atoms with E-state index in [0.29, 0.717) is 12.0 Å². The maximum absolute atomic E-state index is 11.8. The Morgan fingerprint density at radius 2 is 1.95 bits per heavy atom. The summed E-state index contributed by atoms with van der Waals surface area (Å²) in [6.07, 6.45) is 7.50. The summed E-state index contributed by atoms with van der Waals surface area (Å²) in [6, 6.07) is 8.90. The maximum atomic E-state index is 11.8. The number of hydrogen-bond donors (Lipinski definition) is 1. The second kappa shape index (κ2) is 5.40. The Bertz CT molecular complexity index is 582. The number of anilines is 1. The first-order valence-corrected chi connectivity index (χ1v) is 9.53. The minimum Gasteiger partial charge on any atom is -0.382 e. The van der Waals surface area contributed by atoms with Crippen LogP contribution in [0.2, 0.25) is 0 Å². The van der Waals surface area contributed by atoms with Crippen molar-refractivity contribution in [1.82, 2.24) is 0 Å². The van der Waals surface area contributed by atoms with E-state index < -0.39 is 9.84 Å². The number of hydrogen-bond acceptors (Lipinski definition) is 3. The smallest absolute Gasteiger partial charge is 0.150 e. The molecule has 0 bridgehead atoms. The first-order chi connectivity index (χ1) is 9.54. The quantitative estimate of drug-likeness (QED) is 0.911. The molecular weight excluding hydrogens is 270 g/mol. The van der Waals surface area contributed by atoms with E-state index in [9.17, 15) is 8.42 Å². The molecule has 1 N–H and O–H groups in total. The lowest BCUT2D eigenvalue weighted by Crippen LogP contribution is -2.38. The molecule has 1 fully saturated rings. The second-order valence-corrected chi connectivity index (χ2v) is 8.65. The molecule has 0 saturated heterocycles. The van der Waals surface area contributed by atoms with Crippen LogP contribution in [-0.2, 0) is 16.3 Å². The van der Waals surface area contributed by atoms with Gasteiger partial charge < -0.3 is 5.32 Å². The van der Waals surface area contributed by atoms with Crippen molar-refractivity contribution < 1.29 is 8.42 Å². The fourth-order valence-electron chi connectivity index (χ4n) is 3.75. The van der Waals surface area contributed by atoms with Gasteiger partial charge in [0.1, 0.15) is 9.84 Å². The molecule has 1 aliphatic heterocycles. The van der Waals surface area contributed by atoms with Crippen molar-refractivity contribution >= 4 is 15.5 Å².